The highest BCUT2D eigenvalue weighted by Gasteiger charge is 2.17. The molecule has 0 aliphatic heterocycles. The molecule has 0 aliphatic rings. The maximum Gasteiger partial charge on any atom is 0.387 e. The molecule has 0 bridgehead atoms. The van der Waals surface area contributed by atoms with Crippen molar-refractivity contribution in [1.82, 2.24) is 20.3 Å². The van der Waals surface area contributed by atoms with Crippen LogP contribution < -0.4 is 10.1 Å². The number of para-hydroxylation sites is 2. The molecular formula is C23H20F2N4O2. The lowest BCUT2D eigenvalue weighted by molar-refractivity contribution is -0.0506. The van der Waals surface area contributed by atoms with Crippen molar-refractivity contribution in [3.05, 3.63) is 89.5 Å². The molecule has 3 aromatic carbocycles. The first-order valence-electron chi connectivity index (χ1n) is 9.73. The largest absolute Gasteiger partial charge is 0.434 e. The molecule has 6 nitrogen and oxygen atoms in total. The third-order valence-electron chi connectivity index (χ3n) is 4.92. The van der Waals surface area contributed by atoms with Gasteiger partial charge in [-0.05, 0) is 42.8 Å². The summed E-state index contributed by atoms with van der Waals surface area (Å²) in [4.78, 5) is 12.6. The number of nitrogens with one attached hydrogen (secondary N) is 1. The molecule has 0 radical (unpaired) electrons. The van der Waals surface area contributed by atoms with Crippen LogP contribution in [0.5, 0.6) is 5.75 Å². The molecule has 1 aromatic heterocycles. The Morgan fingerprint density at radius 1 is 1.03 bits per heavy atom. The van der Waals surface area contributed by atoms with Crippen LogP contribution in [0.25, 0.3) is 11.0 Å². The summed E-state index contributed by atoms with van der Waals surface area (Å²) in [5.74, 6) is -0.266. The number of carbonyl (C=O) groups is 1. The molecular weight excluding hydrogens is 402 g/mol. The summed E-state index contributed by atoms with van der Waals surface area (Å²) in [6, 6.07) is 20.7. The first-order chi connectivity index (χ1) is 15.0. The van der Waals surface area contributed by atoms with Crippen LogP contribution in [0, 0.1) is 0 Å². The molecule has 0 fully saturated rings. The van der Waals surface area contributed by atoms with Crippen LogP contribution in [0.2, 0.25) is 0 Å². The van der Waals surface area contributed by atoms with Crippen LogP contribution in [0.1, 0.15) is 34.5 Å². The second-order valence-corrected chi connectivity index (χ2v) is 7.04. The number of rotatable bonds is 7. The lowest BCUT2D eigenvalue weighted by atomic mass is 10.1. The summed E-state index contributed by atoms with van der Waals surface area (Å²) in [5.41, 5.74) is 3.67. The summed E-state index contributed by atoms with van der Waals surface area (Å²) < 4.78 is 31.6. The minimum atomic E-state index is -2.93. The summed E-state index contributed by atoms with van der Waals surface area (Å²) in [7, 11) is 0. The van der Waals surface area contributed by atoms with Crippen molar-refractivity contribution in [2.45, 2.75) is 26.1 Å². The average Bonchev–Trinajstić information content (AvgIpc) is 3.17. The summed E-state index contributed by atoms with van der Waals surface area (Å²) in [5, 5.41) is 11.1. The van der Waals surface area contributed by atoms with Gasteiger partial charge in [0, 0.05) is 11.1 Å². The summed E-state index contributed by atoms with van der Waals surface area (Å²) >= 11 is 0. The fraction of sp³-hybridized carbons (Fsp3) is 0.174. The maximum atomic E-state index is 12.6. The molecule has 0 aliphatic carbocycles. The van der Waals surface area contributed by atoms with Gasteiger partial charge in [0.2, 0.25) is 0 Å². The Kier molecular flexibility index (Phi) is 5.88. The van der Waals surface area contributed by atoms with E-state index in [1.165, 1.54) is 6.07 Å². The number of aromatic nitrogens is 3. The van der Waals surface area contributed by atoms with E-state index in [0.29, 0.717) is 17.7 Å². The highest BCUT2D eigenvalue weighted by molar-refractivity contribution is 5.94. The topological polar surface area (TPSA) is 69.0 Å². The lowest BCUT2D eigenvalue weighted by Gasteiger charge is -2.18. The first-order valence-corrected chi connectivity index (χ1v) is 9.73. The van der Waals surface area contributed by atoms with Gasteiger partial charge in [0.15, 0.2) is 0 Å². The fourth-order valence-corrected chi connectivity index (χ4v) is 3.37. The van der Waals surface area contributed by atoms with Crippen LogP contribution in [0.3, 0.4) is 0 Å². The van der Waals surface area contributed by atoms with E-state index in [1.54, 1.807) is 41.9 Å². The predicted molar refractivity (Wildman–Crippen MR) is 112 cm³/mol. The Bertz CT molecular complexity index is 1190. The van der Waals surface area contributed by atoms with Crippen molar-refractivity contribution < 1.29 is 18.3 Å². The van der Waals surface area contributed by atoms with Crippen LogP contribution in [-0.2, 0) is 6.54 Å². The molecule has 1 atom stereocenters. The van der Waals surface area contributed by atoms with E-state index in [9.17, 15) is 13.6 Å². The molecule has 0 saturated heterocycles. The molecule has 0 spiro atoms. The van der Waals surface area contributed by atoms with Crippen molar-refractivity contribution in [3.63, 3.8) is 0 Å². The van der Waals surface area contributed by atoms with Crippen molar-refractivity contribution in [1.29, 1.82) is 0 Å². The van der Waals surface area contributed by atoms with E-state index in [1.807, 2.05) is 36.4 Å². The van der Waals surface area contributed by atoms with Crippen LogP contribution >= 0.6 is 0 Å². The second kappa shape index (κ2) is 8.91. The number of nitrogens with zero attached hydrogens (tertiary/aromatic N) is 3. The van der Waals surface area contributed by atoms with E-state index in [4.69, 9.17) is 0 Å². The Morgan fingerprint density at radius 2 is 1.74 bits per heavy atom. The number of carbonyl (C=O) groups excluding carboxylic acids is 1. The van der Waals surface area contributed by atoms with Gasteiger partial charge in [-0.15, -0.1) is 5.10 Å². The molecule has 158 valence electrons. The lowest BCUT2D eigenvalue weighted by Crippen LogP contribution is -2.27. The smallest absolute Gasteiger partial charge is 0.387 e. The normalized spacial score (nSPS) is 12.1. The zero-order valence-corrected chi connectivity index (χ0v) is 16.7. The molecule has 1 unspecified atom stereocenters. The van der Waals surface area contributed by atoms with E-state index in [2.05, 4.69) is 20.4 Å². The van der Waals surface area contributed by atoms with Gasteiger partial charge in [-0.25, -0.2) is 4.68 Å². The fourth-order valence-electron chi connectivity index (χ4n) is 3.37. The number of alkyl halides is 2. The van der Waals surface area contributed by atoms with E-state index < -0.39 is 12.7 Å². The number of fused-ring (bicyclic) bond motifs is 1. The third-order valence-corrected chi connectivity index (χ3v) is 4.92. The number of halogens is 2. The van der Waals surface area contributed by atoms with Crippen LogP contribution in [0.15, 0.2) is 72.8 Å². The van der Waals surface area contributed by atoms with Crippen molar-refractivity contribution in [2.75, 3.05) is 0 Å². The third kappa shape index (κ3) is 4.69. The van der Waals surface area contributed by atoms with Crippen molar-refractivity contribution in [3.8, 4) is 5.75 Å². The van der Waals surface area contributed by atoms with Crippen LogP contribution in [-0.4, -0.2) is 27.5 Å². The van der Waals surface area contributed by atoms with Gasteiger partial charge in [0.1, 0.15) is 11.3 Å². The molecule has 0 saturated carbocycles. The summed E-state index contributed by atoms with van der Waals surface area (Å²) in [6.45, 7) is -0.689. The van der Waals surface area contributed by atoms with Gasteiger partial charge in [0.05, 0.1) is 18.1 Å². The molecule has 1 amide bonds. The average molecular weight is 422 g/mol. The van der Waals surface area contributed by atoms with Gasteiger partial charge in [-0.2, -0.15) is 8.78 Å². The minimum absolute atomic E-state index is 0.0423. The Morgan fingerprint density at radius 3 is 2.52 bits per heavy atom. The number of ether oxygens (including phenoxy) is 1. The van der Waals surface area contributed by atoms with Gasteiger partial charge in [-0.3, -0.25) is 4.79 Å². The predicted octanol–water partition coefficient (Wildman–Crippen LogP) is 4.57. The highest BCUT2D eigenvalue weighted by Crippen LogP contribution is 2.26. The number of hydrogen-bond donors (Lipinski definition) is 1. The van der Waals surface area contributed by atoms with Gasteiger partial charge < -0.3 is 10.1 Å². The van der Waals surface area contributed by atoms with Crippen molar-refractivity contribution >= 4 is 16.9 Å². The molecule has 4 rings (SSSR count). The molecule has 8 heteroatoms. The van der Waals surface area contributed by atoms with Gasteiger partial charge in [-0.1, -0.05) is 47.7 Å². The second-order valence-electron chi connectivity index (χ2n) is 7.04. The Hall–Kier alpha value is -3.81. The molecule has 1 heterocycles. The zero-order chi connectivity index (χ0) is 21.8. The monoisotopic (exact) mass is 422 g/mol. The number of amides is 1. The van der Waals surface area contributed by atoms with Gasteiger partial charge in [0.25, 0.3) is 5.91 Å². The molecule has 31 heavy (non-hydrogen) atoms. The quantitative estimate of drug-likeness (QED) is 0.474. The van der Waals surface area contributed by atoms with E-state index >= 15 is 0 Å². The maximum absolute atomic E-state index is 12.6. The highest BCUT2D eigenvalue weighted by atomic mass is 19.3. The Balaban J connectivity index is 1.44. The molecule has 1 N–H and O–H groups in total. The van der Waals surface area contributed by atoms with E-state index in [0.717, 1.165) is 16.6 Å². The summed E-state index contributed by atoms with van der Waals surface area (Å²) in [6.07, 6.45) is 0. The number of benzene rings is 3. The van der Waals surface area contributed by atoms with E-state index in [-0.39, 0.29) is 11.7 Å². The van der Waals surface area contributed by atoms with Crippen molar-refractivity contribution in [2.24, 2.45) is 0 Å². The van der Waals surface area contributed by atoms with Crippen LogP contribution in [0.4, 0.5) is 8.78 Å². The SMILES string of the molecule is CC(NC(=O)c1ccc(Cn2nnc3ccccc32)cc1)c1ccccc1OC(F)F. The first kappa shape index (κ1) is 20.5. The number of hydrogen-bond acceptors (Lipinski definition) is 4. The Labute approximate surface area is 177 Å². The standard InChI is InChI=1S/C23H20F2N4O2/c1-15(18-6-2-5-9-21(18)31-23(24)25)26-22(30)17-12-10-16(11-13-17)14-29-20-8-4-3-7-19(20)27-28-29/h2-13,15,23H,14H2,1H3,(H,26,30). The molecule has 4 aromatic rings. The van der Waals surface area contributed by atoms with Gasteiger partial charge >= 0.3 is 6.61 Å². The minimum Gasteiger partial charge on any atom is -0.434 e. The zero-order valence-electron chi connectivity index (χ0n) is 16.7.